The highest BCUT2D eigenvalue weighted by Gasteiger charge is 2.46. The zero-order valence-corrected chi connectivity index (χ0v) is 10.7. The lowest BCUT2D eigenvalue weighted by molar-refractivity contribution is -0.145. The number of aliphatic hydroxyl groups excluding tert-OH is 1. The summed E-state index contributed by atoms with van der Waals surface area (Å²) in [7, 11) is 2.05. The van der Waals surface area contributed by atoms with Gasteiger partial charge in [0.1, 0.15) is 6.10 Å². The monoisotopic (exact) mass is 239 g/mol. The number of carbonyl (C=O) groups excluding carboxylic acids is 1. The second-order valence-corrected chi connectivity index (χ2v) is 5.16. The second kappa shape index (κ2) is 4.78. The number of hydrogen-bond acceptors (Lipinski definition) is 4. The molecule has 96 valence electrons. The number of rotatable bonds is 2. The van der Waals surface area contributed by atoms with Crippen LogP contribution in [0, 0.1) is 0 Å². The lowest BCUT2D eigenvalue weighted by Gasteiger charge is -2.34. The van der Waals surface area contributed by atoms with Crippen LogP contribution in [0.2, 0.25) is 0 Å². The van der Waals surface area contributed by atoms with Crippen molar-refractivity contribution < 1.29 is 14.6 Å². The van der Waals surface area contributed by atoms with Gasteiger partial charge < -0.3 is 9.84 Å². The van der Waals surface area contributed by atoms with Crippen LogP contribution in [0.15, 0.2) is 11.6 Å². The van der Waals surface area contributed by atoms with Crippen LogP contribution in [-0.2, 0) is 9.53 Å². The Labute approximate surface area is 102 Å². The molecule has 2 saturated heterocycles. The summed E-state index contributed by atoms with van der Waals surface area (Å²) in [6.07, 6.45) is 3.81. The molecule has 2 heterocycles. The van der Waals surface area contributed by atoms with Gasteiger partial charge >= 0.3 is 5.97 Å². The molecule has 2 aliphatic rings. The van der Waals surface area contributed by atoms with Gasteiger partial charge in [0.25, 0.3) is 0 Å². The topological polar surface area (TPSA) is 49.8 Å². The van der Waals surface area contributed by atoms with Crippen LogP contribution in [-0.4, -0.2) is 47.3 Å². The van der Waals surface area contributed by atoms with Gasteiger partial charge in [0, 0.05) is 24.1 Å². The zero-order valence-electron chi connectivity index (χ0n) is 10.7. The van der Waals surface area contributed by atoms with E-state index in [1.54, 1.807) is 13.0 Å². The lowest BCUT2D eigenvalue weighted by atomic mass is 10.0. The Kier molecular flexibility index (Phi) is 3.54. The van der Waals surface area contributed by atoms with E-state index in [0.29, 0.717) is 18.0 Å². The van der Waals surface area contributed by atoms with Gasteiger partial charge in [-0.1, -0.05) is 6.08 Å². The maximum atomic E-state index is 11.7. The molecule has 2 aliphatic heterocycles. The van der Waals surface area contributed by atoms with Crippen LogP contribution in [0.3, 0.4) is 0 Å². The molecule has 0 saturated carbocycles. The first kappa shape index (κ1) is 12.6. The second-order valence-electron chi connectivity index (χ2n) is 5.16. The summed E-state index contributed by atoms with van der Waals surface area (Å²) in [4.78, 5) is 14.0. The Balaban J connectivity index is 2.02. The van der Waals surface area contributed by atoms with E-state index in [4.69, 9.17) is 4.74 Å². The Hall–Kier alpha value is -0.870. The first-order valence-corrected chi connectivity index (χ1v) is 6.26. The first-order chi connectivity index (χ1) is 8.02. The third-order valence-electron chi connectivity index (χ3n) is 4.10. The molecule has 1 N–H and O–H groups in total. The van der Waals surface area contributed by atoms with Gasteiger partial charge in [0.2, 0.25) is 0 Å². The molecule has 2 bridgehead atoms. The average molecular weight is 239 g/mol. The molecule has 4 atom stereocenters. The molecular formula is C13H21NO3. The first-order valence-electron chi connectivity index (χ1n) is 6.26. The summed E-state index contributed by atoms with van der Waals surface area (Å²) in [6, 6.07) is 0.532. The zero-order chi connectivity index (χ0) is 12.6. The standard InChI is InChI=1S/C13H21NO3/c1-4-8(2)13(16)17-12-6-9-5-10(15)7-11(12)14(9)3/h4,9-12,15H,5-7H2,1-3H3/b8-4+. The number of likely N-dealkylation sites (N-methyl/N-ethyl adjacent to an activating group) is 1. The van der Waals surface area contributed by atoms with Gasteiger partial charge in [-0.15, -0.1) is 0 Å². The van der Waals surface area contributed by atoms with Crippen molar-refractivity contribution in [2.24, 2.45) is 0 Å². The number of hydrogen-bond donors (Lipinski definition) is 1. The van der Waals surface area contributed by atoms with Crippen molar-refractivity contribution in [2.45, 2.75) is 57.4 Å². The maximum Gasteiger partial charge on any atom is 0.333 e. The fourth-order valence-electron chi connectivity index (χ4n) is 2.87. The molecule has 4 unspecified atom stereocenters. The highest BCUT2D eigenvalue weighted by Crippen LogP contribution is 2.36. The van der Waals surface area contributed by atoms with Crippen molar-refractivity contribution in [3.63, 3.8) is 0 Å². The van der Waals surface area contributed by atoms with Crippen molar-refractivity contribution >= 4 is 5.97 Å². The van der Waals surface area contributed by atoms with Crippen LogP contribution in [0.25, 0.3) is 0 Å². The van der Waals surface area contributed by atoms with Gasteiger partial charge in [-0.25, -0.2) is 4.79 Å². The van der Waals surface area contributed by atoms with E-state index in [0.717, 1.165) is 12.8 Å². The van der Waals surface area contributed by atoms with Crippen molar-refractivity contribution in [1.82, 2.24) is 4.90 Å². The minimum absolute atomic E-state index is 0.0652. The van der Waals surface area contributed by atoms with E-state index in [2.05, 4.69) is 11.9 Å². The van der Waals surface area contributed by atoms with Crippen molar-refractivity contribution in [3.8, 4) is 0 Å². The molecule has 0 radical (unpaired) electrons. The molecule has 4 nitrogen and oxygen atoms in total. The molecule has 2 fully saturated rings. The van der Waals surface area contributed by atoms with Crippen molar-refractivity contribution in [3.05, 3.63) is 11.6 Å². The van der Waals surface area contributed by atoms with E-state index in [9.17, 15) is 9.90 Å². The molecular weight excluding hydrogens is 218 g/mol. The molecule has 2 rings (SSSR count). The summed E-state index contributed by atoms with van der Waals surface area (Å²) >= 11 is 0. The number of aliphatic hydroxyl groups is 1. The third-order valence-corrected chi connectivity index (χ3v) is 4.10. The molecule has 4 heteroatoms. The molecule has 0 aromatic carbocycles. The summed E-state index contributed by atoms with van der Waals surface area (Å²) in [5.74, 6) is -0.229. The maximum absolute atomic E-state index is 11.7. The van der Waals surface area contributed by atoms with Crippen LogP contribution in [0.4, 0.5) is 0 Å². The number of piperidine rings is 1. The number of esters is 1. The molecule has 0 aromatic heterocycles. The fourth-order valence-corrected chi connectivity index (χ4v) is 2.87. The lowest BCUT2D eigenvalue weighted by Crippen LogP contribution is -2.44. The number of fused-ring (bicyclic) bond motifs is 2. The third kappa shape index (κ3) is 2.38. The number of nitrogens with zero attached hydrogens (tertiary/aromatic N) is 1. The number of carbonyl (C=O) groups is 1. The minimum atomic E-state index is -0.243. The summed E-state index contributed by atoms with van der Waals surface area (Å²) in [5.41, 5.74) is 0.648. The molecule has 0 spiro atoms. The highest BCUT2D eigenvalue weighted by atomic mass is 16.5. The highest BCUT2D eigenvalue weighted by molar-refractivity contribution is 5.87. The normalized spacial score (nSPS) is 38.2. The van der Waals surface area contributed by atoms with Gasteiger partial charge in [0.15, 0.2) is 0 Å². The van der Waals surface area contributed by atoms with Crippen molar-refractivity contribution in [1.29, 1.82) is 0 Å². The van der Waals surface area contributed by atoms with Crippen molar-refractivity contribution in [2.75, 3.05) is 7.05 Å². The predicted octanol–water partition coefficient (Wildman–Crippen LogP) is 1.09. The van der Waals surface area contributed by atoms with E-state index >= 15 is 0 Å². The van der Waals surface area contributed by atoms with E-state index in [-0.39, 0.29) is 24.2 Å². The van der Waals surface area contributed by atoms with Gasteiger partial charge in [-0.3, -0.25) is 4.90 Å². The summed E-state index contributed by atoms with van der Waals surface area (Å²) in [6.45, 7) is 3.60. The fraction of sp³-hybridized carbons (Fsp3) is 0.769. The predicted molar refractivity (Wildman–Crippen MR) is 64.5 cm³/mol. The summed E-state index contributed by atoms with van der Waals surface area (Å²) in [5, 5.41) is 9.74. The van der Waals surface area contributed by atoms with E-state index in [1.165, 1.54) is 0 Å². The van der Waals surface area contributed by atoms with E-state index in [1.807, 2.05) is 6.92 Å². The average Bonchev–Trinajstić information content (AvgIpc) is 2.49. The number of allylic oxidation sites excluding steroid dienone is 1. The Bertz CT molecular complexity index is 340. The van der Waals surface area contributed by atoms with Crippen LogP contribution in [0.1, 0.15) is 33.1 Å². The summed E-state index contributed by atoms with van der Waals surface area (Å²) < 4.78 is 5.54. The SMILES string of the molecule is C/C=C(\C)C(=O)OC1CC2CC(O)CC1N2C. The van der Waals surface area contributed by atoms with Crippen LogP contribution >= 0.6 is 0 Å². The van der Waals surface area contributed by atoms with Crippen LogP contribution < -0.4 is 0 Å². The smallest absolute Gasteiger partial charge is 0.333 e. The largest absolute Gasteiger partial charge is 0.457 e. The van der Waals surface area contributed by atoms with Gasteiger partial charge in [-0.05, 0) is 33.7 Å². The van der Waals surface area contributed by atoms with Gasteiger partial charge in [0.05, 0.1) is 6.10 Å². The Morgan fingerprint density at radius 1 is 1.41 bits per heavy atom. The molecule has 0 aliphatic carbocycles. The molecule has 0 amide bonds. The number of ether oxygens (including phenoxy) is 1. The van der Waals surface area contributed by atoms with Gasteiger partial charge in [-0.2, -0.15) is 0 Å². The molecule has 17 heavy (non-hydrogen) atoms. The molecule has 0 aromatic rings. The Morgan fingerprint density at radius 2 is 2.12 bits per heavy atom. The van der Waals surface area contributed by atoms with E-state index < -0.39 is 0 Å². The Morgan fingerprint density at radius 3 is 2.76 bits per heavy atom. The van der Waals surface area contributed by atoms with Crippen LogP contribution in [0.5, 0.6) is 0 Å². The minimum Gasteiger partial charge on any atom is -0.457 e. The quantitative estimate of drug-likeness (QED) is 0.579.